The largest absolute Gasteiger partial charge is 0.346 e. The fourth-order valence-electron chi connectivity index (χ4n) is 4.78. The van der Waals surface area contributed by atoms with Gasteiger partial charge in [-0.25, -0.2) is 4.39 Å². The number of hydrogen-bond acceptors (Lipinski definition) is 4. The zero-order chi connectivity index (χ0) is 21.3. The summed E-state index contributed by atoms with van der Waals surface area (Å²) in [4.78, 5) is 18.0. The van der Waals surface area contributed by atoms with Gasteiger partial charge < -0.3 is 5.32 Å². The van der Waals surface area contributed by atoms with Crippen molar-refractivity contribution in [2.45, 2.75) is 51.7 Å². The van der Waals surface area contributed by atoms with E-state index in [1.165, 1.54) is 6.07 Å². The number of rotatable bonds is 5. The van der Waals surface area contributed by atoms with Gasteiger partial charge in [-0.15, -0.1) is 0 Å². The molecule has 0 bridgehead atoms. The molecule has 0 saturated carbocycles. The van der Waals surface area contributed by atoms with E-state index in [1.807, 2.05) is 11.7 Å². The molecule has 162 valence electrons. The van der Waals surface area contributed by atoms with Crippen LogP contribution in [0.2, 0.25) is 0 Å². The number of hydrogen-bond donors (Lipinski definition) is 1. The van der Waals surface area contributed by atoms with Gasteiger partial charge in [-0.1, -0.05) is 18.2 Å². The van der Waals surface area contributed by atoms with E-state index in [4.69, 9.17) is 0 Å². The molecule has 1 aliphatic heterocycles. The Labute approximate surface area is 178 Å². The van der Waals surface area contributed by atoms with Crippen molar-refractivity contribution in [3.8, 4) is 0 Å². The van der Waals surface area contributed by atoms with Crippen LogP contribution >= 0.6 is 0 Å². The molecule has 2 aromatic rings. The molecule has 6 nitrogen and oxygen atoms in total. The summed E-state index contributed by atoms with van der Waals surface area (Å²) in [5.41, 5.74) is 3.19. The van der Waals surface area contributed by atoms with Crippen LogP contribution in [0, 0.1) is 5.82 Å². The maximum atomic E-state index is 13.9. The lowest BCUT2D eigenvalue weighted by atomic mass is 9.89. The molecule has 1 N–H and O–H groups in total. The molecule has 2 aliphatic rings. The van der Waals surface area contributed by atoms with Crippen molar-refractivity contribution >= 4 is 5.91 Å². The summed E-state index contributed by atoms with van der Waals surface area (Å²) in [5, 5.41) is 7.38. The lowest BCUT2D eigenvalue weighted by Crippen LogP contribution is -2.53. The number of benzene rings is 1. The maximum absolute atomic E-state index is 13.9. The van der Waals surface area contributed by atoms with Crippen molar-refractivity contribution < 1.29 is 9.18 Å². The standard InChI is InChI=1S/C23H32FN5O/c1-16(2)28-10-12-29(13-11-28)18-8-9-21-19(14-18)22(26-27(21)3)23(30)25-15-17-6-4-5-7-20(17)24/h4-7,16,18H,8-15H2,1-3H3,(H,25,30)/t18-/m0/s1. The van der Waals surface area contributed by atoms with Gasteiger partial charge in [-0.2, -0.15) is 5.10 Å². The molecule has 1 amide bonds. The first-order valence-corrected chi connectivity index (χ1v) is 11.0. The van der Waals surface area contributed by atoms with Crippen molar-refractivity contribution in [2.75, 3.05) is 26.2 Å². The lowest BCUT2D eigenvalue weighted by molar-refractivity contribution is 0.0726. The summed E-state index contributed by atoms with van der Waals surface area (Å²) >= 11 is 0. The van der Waals surface area contributed by atoms with Gasteiger partial charge in [0.15, 0.2) is 5.69 Å². The fourth-order valence-corrected chi connectivity index (χ4v) is 4.78. The van der Waals surface area contributed by atoms with Gasteiger partial charge in [0.25, 0.3) is 5.91 Å². The third-order valence-electron chi connectivity index (χ3n) is 6.64. The van der Waals surface area contributed by atoms with Crippen LogP contribution in [0.3, 0.4) is 0 Å². The van der Waals surface area contributed by atoms with Crippen LogP contribution in [0.5, 0.6) is 0 Å². The van der Waals surface area contributed by atoms with Gasteiger partial charge in [0.2, 0.25) is 0 Å². The Morgan fingerprint density at radius 1 is 1.23 bits per heavy atom. The average molecular weight is 414 g/mol. The predicted octanol–water partition coefficient (Wildman–Crippen LogP) is 2.37. The number of nitrogens with zero attached hydrogens (tertiary/aromatic N) is 4. The lowest BCUT2D eigenvalue weighted by Gasteiger charge is -2.42. The molecule has 1 saturated heterocycles. The molecule has 0 unspecified atom stereocenters. The van der Waals surface area contributed by atoms with E-state index in [9.17, 15) is 9.18 Å². The molecule has 1 aromatic heterocycles. The van der Waals surface area contributed by atoms with Gasteiger partial charge in [0, 0.05) is 68.7 Å². The van der Waals surface area contributed by atoms with E-state index >= 15 is 0 Å². The van der Waals surface area contributed by atoms with Crippen LogP contribution in [-0.2, 0) is 26.4 Å². The molecule has 7 heteroatoms. The van der Waals surface area contributed by atoms with Crippen molar-refractivity contribution in [3.05, 3.63) is 52.6 Å². The summed E-state index contributed by atoms with van der Waals surface area (Å²) in [5.74, 6) is -0.526. The van der Waals surface area contributed by atoms with E-state index in [2.05, 4.69) is 34.1 Å². The topological polar surface area (TPSA) is 53.4 Å². The Morgan fingerprint density at radius 3 is 2.67 bits per heavy atom. The first-order valence-electron chi connectivity index (χ1n) is 11.0. The second-order valence-electron chi connectivity index (χ2n) is 8.73. The van der Waals surface area contributed by atoms with Gasteiger partial charge in [0.05, 0.1) is 0 Å². The number of aromatic nitrogens is 2. The summed E-state index contributed by atoms with van der Waals surface area (Å²) in [7, 11) is 1.91. The minimum absolute atomic E-state index is 0.164. The number of carbonyl (C=O) groups is 1. The van der Waals surface area contributed by atoms with Gasteiger partial charge in [-0.3, -0.25) is 19.3 Å². The minimum atomic E-state index is -0.304. The quantitative estimate of drug-likeness (QED) is 0.818. The molecule has 0 radical (unpaired) electrons. The molecule has 4 rings (SSSR count). The molecule has 1 fully saturated rings. The highest BCUT2D eigenvalue weighted by Gasteiger charge is 2.32. The number of nitrogens with one attached hydrogen (secondary N) is 1. The van der Waals surface area contributed by atoms with Crippen LogP contribution in [-0.4, -0.2) is 63.8 Å². The Hall–Kier alpha value is -2.25. The Kier molecular flexibility index (Phi) is 6.20. The Morgan fingerprint density at radius 2 is 1.97 bits per heavy atom. The third-order valence-corrected chi connectivity index (χ3v) is 6.64. The number of piperazine rings is 1. The number of amides is 1. The Balaban J connectivity index is 1.44. The third kappa shape index (κ3) is 4.27. The van der Waals surface area contributed by atoms with E-state index < -0.39 is 0 Å². The van der Waals surface area contributed by atoms with Crippen molar-refractivity contribution in [1.29, 1.82) is 0 Å². The van der Waals surface area contributed by atoms with E-state index in [0.29, 0.717) is 23.3 Å². The second kappa shape index (κ2) is 8.86. The fraction of sp³-hybridized carbons (Fsp3) is 0.565. The SMILES string of the molecule is CC(C)N1CCN([C@H]2CCc3c(c(C(=O)NCc4ccccc4F)nn3C)C2)CC1. The maximum Gasteiger partial charge on any atom is 0.272 e. The van der Waals surface area contributed by atoms with Crippen molar-refractivity contribution in [3.63, 3.8) is 0 Å². The first-order chi connectivity index (χ1) is 14.4. The highest BCUT2D eigenvalue weighted by atomic mass is 19.1. The van der Waals surface area contributed by atoms with E-state index in [-0.39, 0.29) is 18.3 Å². The molecule has 1 aliphatic carbocycles. The smallest absolute Gasteiger partial charge is 0.272 e. The molecule has 1 atom stereocenters. The average Bonchev–Trinajstić information content (AvgIpc) is 3.09. The van der Waals surface area contributed by atoms with Gasteiger partial charge in [0.1, 0.15) is 5.82 Å². The molecule has 0 spiro atoms. The number of halogens is 1. The van der Waals surface area contributed by atoms with Crippen LogP contribution in [0.15, 0.2) is 24.3 Å². The number of carbonyl (C=O) groups excluding carboxylic acids is 1. The number of fused-ring (bicyclic) bond motifs is 1. The second-order valence-corrected chi connectivity index (χ2v) is 8.73. The highest BCUT2D eigenvalue weighted by molar-refractivity contribution is 5.94. The van der Waals surface area contributed by atoms with Gasteiger partial charge >= 0.3 is 0 Å². The molecule has 2 heterocycles. The normalized spacial score (nSPS) is 20.4. The zero-order valence-electron chi connectivity index (χ0n) is 18.2. The van der Waals surface area contributed by atoms with Crippen LogP contribution in [0.25, 0.3) is 0 Å². The molecular weight excluding hydrogens is 381 g/mol. The highest BCUT2D eigenvalue weighted by Crippen LogP contribution is 2.28. The van der Waals surface area contributed by atoms with Gasteiger partial charge in [-0.05, 0) is 39.2 Å². The van der Waals surface area contributed by atoms with Crippen LogP contribution < -0.4 is 5.32 Å². The predicted molar refractivity (Wildman–Crippen MR) is 115 cm³/mol. The van der Waals surface area contributed by atoms with E-state index in [0.717, 1.165) is 56.7 Å². The van der Waals surface area contributed by atoms with Crippen molar-refractivity contribution in [1.82, 2.24) is 24.9 Å². The monoisotopic (exact) mass is 413 g/mol. The molecule has 1 aromatic carbocycles. The zero-order valence-corrected chi connectivity index (χ0v) is 18.2. The van der Waals surface area contributed by atoms with Crippen LogP contribution in [0.4, 0.5) is 4.39 Å². The summed E-state index contributed by atoms with van der Waals surface area (Å²) in [6.07, 6.45) is 2.90. The Bertz CT molecular complexity index is 901. The van der Waals surface area contributed by atoms with Crippen molar-refractivity contribution in [2.24, 2.45) is 7.05 Å². The minimum Gasteiger partial charge on any atom is -0.346 e. The number of aryl methyl sites for hydroxylation is 1. The van der Waals surface area contributed by atoms with E-state index in [1.54, 1.807) is 18.2 Å². The summed E-state index contributed by atoms with van der Waals surface area (Å²) < 4.78 is 15.7. The molecular formula is C23H32FN5O. The first kappa shape index (κ1) is 21.0. The summed E-state index contributed by atoms with van der Waals surface area (Å²) in [6.45, 7) is 9.03. The molecule has 30 heavy (non-hydrogen) atoms. The van der Waals surface area contributed by atoms with Crippen LogP contribution in [0.1, 0.15) is 47.6 Å². The summed E-state index contributed by atoms with van der Waals surface area (Å²) in [6, 6.07) is 7.57.